The maximum Gasteiger partial charge on any atom is 0.206 e. The van der Waals surface area contributed by atoms with Gasteiger partial charge in [-0.3, -0.25) is 4.98 Å². The number of rotatable bonds is 7. The molecule has 4 nitrogen and oxygen atoms in total. The van der Waals surface area contributed by atoms with Gasteiger partial charge in [-0.2, -0.15) is 0 Å². The molecule has 0 atom stereocenters. The SMILES string of the molecule is CCCCNc1nnc(SCc2cccc3cccnc23)s1. The zero-order valence-corrected chi connectivity index (χ0v) is 14.1. The summed E-state index contributed by atoms with van der Waals surface area (Å²) in [4.78, 5) is 4.49. The monoisotopic (exact) mass is 330 g/mol. The van der Waals surface area contributed by atoms with Crippen LogP contribution in [0.4, 0.5) is 5.13 Å². The van der Waals surface area contributed by atoms with Crippen molar-refractivity contribution in [1.82, 2.24) is 15.2 Å². The molecule has 0 spiro atoms. The minimum absolute atomic E-state index is 0.859. The second kappa shape index (κ2) is 7.56. The molecule has 2 heterocycles. The number of nitrogens with zero attached hydrogens (tertiary/aromatic N) is 3. The molecular weight excluding hydrogens is 312 g/mol. The lowest BCUT2D eigenvalue weighted by Crippen LogP contribution is -1.99. The van der Waals surface area contributed by atoms with Crippen LogP contribution in [0.5, 0.6) is 0 Å². The Hall–Kier alpha value is -1.66. The van der Waals surface area contributed by atoms with Gasteiger partial charge in [-0.25, -0.2) is 0 Å². The smallest absolute Gasteiger partial charge is 0.206 e. The Kier molecular flexibility index (Phi) is 5.24. The summed E-state index contributed by atoms with van der Waals surface area (Å²) in [5.74, 6) is 0.859. The number of aromatic nitrogens is 3. The summed E-state index contributed by atoms with van der Waals surface area (Å²) < 4.78 is 0.993. The standard InChI is InChI=1S/C16H18N4S2/c1-2-3-9-18-15-19-20-16(22-15)21-11-13-7-4-6-12-8-5-10-17-14(12)13/h4-8,10H,2-3,9,11H2,1H3,(H,18,19). The average Bonchev–Trinajstić information content (AvgIpc) is 3.01. The van der Waals surface area contributed by atoms with Crippen molar-refractivity contribution in [2.24, 2.45) is 0 Å². The topological polar surface area (TPSA) is 50.7 Å². The summed E-state index contributed by atoms with van der Waals surface area (Å²) in [6, 6.07) is 10.4. The molecule has 0 unspecified atom stereocenters. The van der Waals surface area contributed by atoms with Crippen LogP contribution in [0.3, 0.4) is 0 Å². The second-order valence-corrected chi connectivity index (χ2v) is 7.13. The highest BCUT2D eigenvalue weighted by Crippen LogP contribution is 2.30. The zero-order chi connectivity index (χ0) is 15.2. The van der Waals surface area contributed by atoms with Gasteiger partial charge in [0.05, 0.1) is 5.52 Å². The molecule has 22 heavy (non-hydrogen) atoms. The molecule has 2 aromatic heterocycles. The molecule has 0 aliphatic rings. The van der Waals surface area contributed by atoms with Crippen LogP contribution >= 0.6 is 23.1 Å². The molecule has 114 valence electrons. The first-order valence-electron chi connectivity index (χ1n) is 7.39. The Bertz CT molecular complexity index is 736. The summed E-state index contributed by atoms with van der Waals surface area (Å²) in [6.07, 6.45) is 4.18. The molecule has 0 saturated carbocycles. The Balaban J connectivity index is 1.64. The van der Waals surface area contributed by atoms with Gasteiger partial charge in [-0.05, 0) is 18.1 Å². The van der Waals surface area contributed by atoms with Crippen LogP contribution in [0, 0.1) is 0 Å². The van der Waals surface area contributed by atoms with Crippen molar-refractivity contribution in [3.63, 3.8) is 0 Å². The lowest BCUT2D eigenvalue weighted by atomic mass is 10.1. The lowest BCUT2D eigenvalue weighted by Gasteiger charge is -2.03. The van der Waals surface area contributed by atoms with E-state index in [1.165, 1.54) is 17.4 Å². The number of fused-ring (bicyclic) bond motifs is 1. The zero-order valence-electron chi connectivity index (χ0n) is 12.5. The first-order chi connectivity index (χ1) is 10.9. The number of hydrogen-bond donors (Lipinski definition) is 1. The molecule has 0 aliphatic heterocycles. The largest absolute Gasteiger partial charge is 0.360 e. The highest BCUT2D eigenvalue weighted by molar-refractivity contribution is 8.00. The third-order valence-electron chi connectivity index (χ3n) is 3.28. The van der Waals surface area contributed by atoms with Gasteiger partial charge in [0.2, 0.25) is 5.13 Å². The van der Waals surface area contributed by atoms with Crippen molar-refractivity contribution in [1.29, 1.82) is 0 Å². The van der Waals surface area contributed by atoms with E-state index in [1.54, 1.807) is 23.1 Å². The van der Waals surface area contributed by atoms with Gasteiger partial charge in [0.15, 0.2) is 4.34 Å². The van der Waals surface area contributed by atoms with E-state index >= 15 is 0 Å². The van der Waals surface area contributed by atoms with Crippen molar-refractivity contribution in [3.8, 4) is 0 Å². The van der Waals surface area contributed by atoms with Gasteiger partial charge in [0.1, 0.15) is 0 Å². The van der Waals surface area contributed by atoms with Crippen LogP contribution in [0.1, 0.15) is 25.3 Å². The second-order valence-electron chi connectivity index (χ2n) is 4.93. The van der Waals surface area contributed by atoms with Crippen molar-refractivity contribution in [2.45, 2.75) is 29.9 Å². The van der Waals surface area contributed by atoms with Crippen molar-refractivity contribution in [3.05, 3.63) is 42.1 Å². The normalized spacial score (nSPS) is 11.0. The number of anilines is 1. The number of thioether (sulfide) groups is 1. The van der Waals surface area contributed by atoms with E-state index in [0.717, 1.165) is 33.7 Å². The summed E-state index contributed by atoms with van der Waals surface area (Å²) >= 11 is 3.33. The van der Waals surface area contributed by atoms with E-state index in [0.29, 0.717) is 0 Å². The van der Waals surface area contributed by atoms with Crippen molar-refractivity contribution >= 4 is 39.1 Å². The highest BCUT2D eigenvalue weighted by Gasteiger charge is 2.07. The Labute approximate surface area is 138 Å². The van der Waals surface area contributed by atoms with Crippen LogP contribution in [-0.4, -0.2) is 21.7 Å². The molecule has 0 saturated heterocycles. The van der Waals surface area contributed by atoms with Gasteiger partial charge in [-0.15, -0.1) is 10.2 Å². The number of hydrogen-bond acceptors (Lipinski definition) is 6. The maximum absolute atomic E-state index is 4.49. The number of unbranched alkanes of at least 4 members (excludes halogenated alkanes) is 1. The molecule has 0 fully saturated rings. The van der Waals surface area contributed by atoms with E-state index in [2.05, 4.69) is 51.7 Å². The van der Waals surface area contributed by atoms with Crippen LogP contribution in [0.25, 0.3) is 10.9 Å². The van der Waals surface area contributed by atoms with Gasteiger partial charge in [-0.1, -0.05) is 60.7 Å². The minimum atomic E-state index is 0.859. The maximum atomic E-state index is 4.49. The predicted octanol–water partition coefficient (Wildman–Crippen LogP) is 4.59. The molecular formula is C16H18N4S2. The first kappa shape index (κ1) is 15.2. The highest BCUT2D eigenvalue weighted by atomic mass is 32.2. The molecule has 0 aliphatic carbocycles. The van der Waals surface area contributed by atoms with E-state index in [1.807, 2.05) is 12.3 Å². The summed E-state index contributed by atoms with van der Waals surface area (Å²) in [5.41, 5.74) is 2.31. The average molecular weight is 330 g/mol. The molecule has 0 amide bonds. The number of nitrogens with one attached hydrogen (secondary N) is 1. The van der Waals surface area contributed by atoms with Crippen molar-refractivity contribution in [2.75, 3.05) is 11.9 Å². The molecule has 3 rings (SSSR count). The third-order valence-corrected chi connectivity index (χ3v) is 5.34. The fourth-order valence-corrected chi connectivity index (χ4v) is 3.90. The van der Waals surface area contributed by atoms with Crippen LogP contribution in [0.15, 0.2) is 40.9 Å². The molecule has 1 N–H and O–H groups in total. The number of para-hydroxylation sites is 1. The number of benzene rings is 1. The fraction of sp³-hybridized carbons (Fsp3) is 0.312. The predicted molar refractivity (Wildman–Crippen MR) is 94.6 cm³/mol. The van der Waals surface area contributed by atoms with E-state index < -0.39 is 0 Å². The summed E-state index contributed by atoms with van der Waals surface area (Å²) in [5, 5.41) is 13.8. The third kappa shape index (κ3) is 3.75. The Morgan fingerprint density at radius 1 is 1.18 bits per heavy atom. The van der Waals surface area contributed by atoms with E-state index in [9.17, 15) is 0 Å². The van der Waals surface area contributed by atoms with Crippen LogP contribution < -0.4 is 5.32 Å². The molecule has 0 bridgehead atoms. The van der Waals surface area contributed by atoms with Gasteiger partial charge >= 0.3 is 0 Å². The molecule has 0 radical (unpaired) electrons. The van der Waals surface area contributed by atoms with E-state index in [-0.39, 0.29) is 0 Å². The Morgan fingerprint density at radius 3 is 3.00 bits per heavy atom. The van der Waals surface area contributed by atoms with Crippen LogP contribution in [-0.2, 0) is 5.75 Å². The van der Waals surface area contributed by atoms with E-state index in [4.69, 9.17) is 0 Å². The van der Waals surface area contributed by atoms with Crippen LogP contribution in [0.2, 0.25) is 0 Å². The molecule has 6 heteroatoms. The first-order valence-corrected chi connectivity index (χ1v) is 9.20. The minimum Gasteiger partial charge on any atom is -0.360 e. The van der Waals surface area contributed by atoms with Crippen molar-refractivity contribution < 1.29 is 0 Å². The quantitative estimate of drug-likeness (QED) is 0.507. The molecule has 1 aromatic carbocycles. The fourth-order valence-electron chi connectivity index (χ4n) is 2.13. The summed E-state index contributed by atoms with van der Waals surface area (Å²) in [7, 11) is 0. The van der Waals surface area contributed by atoms with Gasteiger partial charge < -0.3 is 5.32 Å². The Morgan fingerprint density at radius 2 is 2.09 bits per heavy atom. The lowest BCUT2D eigenvalue weighted by molar-refractivity contribution is 0.830. The number of pyridine rings is 1. The van der Waals surface area contributed by atoms with Gasteiger partial charge in [0, 0.05) is 23.9 Å². The summed E-state index contributed by atoms with van der Waals surface area (Å²) in [6.45, 7) is 3.14. The van der Waals surface area contributed by atoms with Gasteiger partial charge in [0.25, 0.3) is 0 Å². The molecule has 3 aromatic rings.